The maximum absolute atomic E-state index is 11.7. The summed E-state index contributed by atoms with van der Waals surface area (Å²) in [5.74, 6) is 0.364. The van der Waals surface area contributed by atoms with E-state index in [2.05, 4.69) is 46.7 Å². The van der Waals surface area contributed by atoms with E-state index in [0.29, 0.717) is 5.92 Å². The van der Waals surface area contributed by atoms with Gasteiger partial charge in [0.1, 0.15) is 0 Å². The molecule has 2 amide bonds. The lowest BCUT2D eigenvalue weighted by Crippen LogP contribution is -2.36. The Morgan fingerprint density at radius 2 is 1.96 bits per heavy atom. The first-order valence-electron chi connectivity index (χ1n) is 9.18. The van der Waals surface area contributed by atoms with Crippen LogP contribution in [-0.4, -0.2) is 38.4 Å². The Bertz CT molecular complexity index is 826. The van der Waals surface area contributed by atoms with Crippen LogP contribution in [-0.2, 0) is 4.74 Å². The van der Waals surface area contributed by atoms with Gasteiger partial charge >= 0.3 is 6.03 Å². The van der Waals surface area contributed by atoms with Gasteiger partial charge in [0.2, 0.25) is 0 Å². The van der Waals surface area contributed by atoms with Gasteiger partial charge in [-0.3, -0.25) is 0 Å². The van der Waals surface area contributed by atoms with Crippen molar-refractivity contribution in [3.05, 3.63) is 46.6 Å². The molecule has 0 spiro atoms. The van der Waals surface area contributed by atoms with Crippen LogP contribution < -0.4 is 15.5 Å². The van der Waals surface area contributed by atoms with Crippen LogP contribution in [0.4, 0.5) is 10.5 Å². The Morgan fingerprint density at radius 1 is 1.23 bits per heavy atom. The van der Waals surface area contributed by atoms with Crippen molar-refractivity contribution < 1.29 is 9.53 Å². The van der Waals surface area contributed by atoms with Gasteiger partial charge in [-0.15, -0.1) is 0 Å². The number of amides is 2. The zero-order chi connectivity index (χ0) is 17.9. The van der Waals surface area contributed by atoms with E-state index in [1.54, 1.807) is 0 Å². The van der Waals surface area contributed by atoms with Crippen molar-refractivity contribution in [3.8, 4) is 0 Å². The Morgan fingerprint density at radius 3 is 2.69 bits per heavy atom. The van der Waals surface area contributed by atoms with Gasteiger partial charge in [-0.1, -0.05) is 30.7 Å². The second kappa shape index (κ2) is 5.76. The summed E-state index contributed by atoms with van der Waals surface area (Å²) in [6.45, 7) is 5.67. The standard InChI is InChI=1S/C20H22ClN3O2/c1-20-11-14(20)17(15(21)10-16-18(20)23-19(25)22-16)12-2-4-13(5-3-12)24-6-8-26-9-7-24/h2-5,10,14,18H,6-9,11H2,1H3,(H2,22,23,25). The minimum atomic E-state index is -0.129. The van der Waals surface area contributed by atoms with Crippen molar-refractivity contribution in [2.45, 2.75) is 19.4 Å². The number of allylic oxidation sites excluding steroid dienone is 3. The van der Waals surface area contributed by atoms with E-state index in [1.165, 1.54) is 16.8 Å². The van der Waals surface area contributed by atoms with Crippen molar-refractivity contribution in [2.75, 3.05) is 31.2 Å². The van der Waals surface area contributed by atoms with E-state index in [0.717, 1.165) is 43.5 Å². The van der Waals surface area contributed by atoms with Gasteiger partial charge in [0.15, 0.2) is 0 Å². The van der Waals surface area contributed by atoms with Crippen LogP contribution in [0.15, 0.2) is 41.1 Å². The number of fused-ring (bicyclic) bond motifs is 3. The van der Waals surface area contributed by atoms with Crippen molar-refractivity contribution in [1.29, 1.82) is 0 Å². The van der Waals surface area contributed by atoms with Gasteiger partial charge in [-0.05, 0) is 41.7 Å². The monoisotopic (exact) mass is 371 g/mol. The number of hydrogen-bond donors (Lipinski definition) is 2. The van der Waals surface area contributed by atoms with Crippen molar-refractivity contribution in [2.24, 2.45) is 11.3 Å². The molecule has 2 aliphatic carbocycles. The minimum absolute atomic E-state index is 0.0267. The molecule has 6 heteroatoms. The fraction of sp³-hybridized carbons (Fsp3) is 0.450. The molecule has 2 aliphatic heterocycles. The first-order chi connectivity index (χ1) is 12.6. The molecule has 2 saturated heterocycles. The largest absolute Gasteiger partial charge is 0.378 e. The molecule has 1 aromatic rings. The summed E-state index contributed by atoms with van der Waals surface area (Å²) in [5, 5.41) is 6.69. The Hall–Kier alpha value is -1.98. The third kappa shape index (κ3) is 2.45. The number of rotatable bonds is 2. The van der Waals surface area contributed by atoms with Gasteiger partial charge in [-0.2, -0.15) is 0 Å². The molecule has 4 aliphatic rings. The number of urea groups is 1. The quantitative estimate of drug-likeness (QED) is 0.840. The Labute approximate surface area is 158 Å². The number of hydrogen-bond acceptors (Lipinski definition) is 3. The average molecular weight is 372 g/mol. The zero-order valence-corrected chi connectivity index (χ0v) is 15.5. The SMILES string of the molecule is CC12CC1C(c1ccc(N3CCOCC3)cc1)=C(Cl)C=C1NC(=O)NC12. The minimum Gasteiger partial charge on any atom is -0.378 e. The second-order valence-electron chi connectivity index (χ2n) is 7.80. The molecule has 1 saturated carbocycles. The van der Waals surface area contributed by atoms with Crippen LogP contribution in [0.25, 0.3) is 5.57 Å². The number of halogens is 1. The molecule has 136 valence electrons. The highest BCUT2D eigenvalue weighted by atomic mass is 35.5. The molecule has 0 aromatic heterocycles. The Balaban J connectivity index is 1.48. The highest BCUT2D eigenvalue weighted by molar-refractivity contribution is 6.34. The summed E-state index contributed by atoms with van der Waals surface area (Å²) in [4.78, 5) is 14.1. The fourth-order valence-electron chi connectivity index (χ4n) is 4.61. The number of anilines is 1. The molecular formula is C20H22ClN3O2. The lowest BCUT2D eigenvalue weighted by atomic mass is 9.91. The zero-order valence-electron chi connectivity index (χ0n) is 14.7. The molecule has 0 radical (unpaired) electrons. The molecule has 3 atom stereocenters. The van der Waals surface area contributed by atoms with Gasteiger partial charge in [0, 0.05) is 34.9 Å². The third-order valence-corrected chi connectivity index (χ3v) is 6.54. The summed E-state index contributed by atoms with van der Waals surface area (Å²) in [5.41, 5.74) is 4.51. The van der Waals surface area contributed by atoms with Crippen LogP contribution in [0.3, 0.4) is 0 Å². The normalized spacial score (nSPS) is 32.9. The summed E-state index contributed by atoms with van der Waals surface area (Å²) in [6, 6.07) is 8.60. The van der Waals surface area contributed by atoms with E-state index >= 15 is 0 Å². The van der Waals surface area contributed by atoms with Crippen LogP contribution in [0.5, 0.6) is 0 Å². The van der Waals surface area contributed by atoms with Crippen LogP contribution >= 0.6 is 11.6 Å². The lowest BCUT2D eigenvalue weighted by molar-refractivity contribution is 0.122. The third-order valence-electron chi connectivity index (χ3n) is 6.23. The molecular weight excluding hydrogens is 350 g/mol. The van der Waals surface area contributed by atoms with Gasteiger partial charge in [-0.25, -0.2) is 4.79 Å². The number of benzene rings is 1. The second-order valence-corrected chi connectivity index (χ2v) is 8.21. The lowest BCUT2D eigenvalue weighted by Gasteiger charge is -2.29. The van der Waals surface area contributed by atoms with E-state index < -0.39 is 0 Å². The molecule has 3 unspecified atom stereocenters. The average Bonchev–Trinajstić information content (AvgIpc) is 3.19. The van der Waals surface area contributed by atoms with Crippen LogP contribution in [0.1, 0.15) is 18.9 Å². The molecule has 26 heavy (non-hydrogen) atoms. The van der Waals surface area contributed by atoms with Crippen LogP contribution in [0.2, 0.25) is 0 Å². The molecule has 2 heterocycles. The number of nitrogens with zero attached hydrogens (tertiary/aromatic N) is 1. The fourth-order valence-corrected chi connectivity index (χ4v) is 4.97. The number of carbonyl (C=O) groups excluding carboxylic acids is 1. The molecule has 1 aromatic carbocycles. The predicted octanol–water partition coefficient (Wildman–Crippen LogP) is 3.08. The van der Waals surface area contributed by atoms with Crippen molar-refractivity contribution in [1.82, 2.24) is 10.6 Å². The molecule has 0 bridgehead atoms. The predicted molar refractivity (Wildman–Crippen MR) is 102 cm³/mol. The number of nitrogens with one attached hydrogen (secondary N) is 2. The van der Waals surface area contributed by atoms with Gasteiger partial charge in [0.05, 0.1) is 19.3 Å². The molecule has 3 fully saturated rings. The summed E-state index contributed by atoms with van der Waals surface area (Å²) in [7, 11) is 0. The summed E-state index contributed by atoms with van der Waals surface area (Å²) < 4.78 is 5.43. The highest BCUT2D eigenvalue weighted by Crippen LogP contribution is 2.64. The molecule has 2 N–H and O–H groups in total. The van der Waals surface area contributed by atoms with Gasteiger partial charge < -0.3 is 20.3 Å². The first-order valence-corrected chi connectivity index (χ1v) is 9.56. The smallest absolute Gasteiger partial charge is 0.319 e. The summed E-state index contributed by atoms with van der Waals surface area (Å²) >= 11 is 6.71. The van der Waals surface area contributed by atoms with E-state index in [-0.39, 0.29) is 17.5 Å². The van der Waals surface area contributed by atoms with Crippen molar-refractivity contribution in [3.63, 3.8) is 0 Å². The maximum Gasteiger partial charge on any atom is 0.319 e. The van der Waals surface area contributed by atoms with E-state index in [4.69, 9.17) is 16.3 Å². The molecule has 5 rings (SSSR count). The topological polar surface area (TPSA) is 53.6 Å². The maximum atomic E-state index is 11.7. The number of ether oxygens (including phenoxy) is 1. The van der Waals surface area contributed by atoms with Gasteiger partial charge in [0.25, 0.3) is 0 Å². The number of morpholine rings is 1. The Kier molecular flexibility index (Phi) is 3.59. The van der Waals surface area contributed by atoms with Crippen LogP contribution in [0, 0.1) is 11.3 Å². The van der Waals surface area contributed by atoms with Crippen molar-refractivity contribution >= 4 is 28.9 Å². The molecule has 5 nitrogen and oxygen atoms in total. The van der Waals surface area contributed by atoms with E-state index in [1.807, 2.05) is 6.08 Å². The summed E-state index contributed by atoms with van der Waals surface area (Å²) in [6.07, 6.45) is 2.96. The number of carbonyl (C=O) groups is 1. The van der Waals surface area contributed by atoms with E-state index in [9.17, 15) is 4.79 Å². The highest BCUT2D eigenvalue weighted by Gasteiger charge is 2.61. The first kappa shape index (κ1) is 16.2.